The second kappa shape index (κ2) is 6.51. The molecule has 2 N–H and O–H groups in total. The van der Waals surface area contributed by atoms with E-state index in [1.165, 1.54) is 0 Å². The Balaban J connectivity index is 1.64. The molecule has 2 saturated heterocycles. The fourth-order valence-corrected chi connectivity index (χ4v) is 2.36. The first-order valence-electron chi connectivity index (χ1n) is 6.26. The first-order chi connectivity index (χ1) is 7.88. The van der Waals surface area contributed by atoms with Gasteiger partial charge in [-0.3, -0.25) is 9.80 Å². The van der Waals surface area contributed by atoms with Crippen molar-refractivity contribution in [3.05, 3.63) is 0 Å². The van der Waals surface area contributed by atoms with Crippen LogP contribution in [0.15, 0.2) is 0 Å². The Morgan fingerprint density at radius 2 is 1.94 bits per heavy atom. The van der Waals surface area contributed by atoms with Gasteiger partial charge in [-0.25, -0.2) is 0 Å². The maximum Gasteiger partial charge on any atom is 0.0826 e. The Hall–Kier alpha value is -0.200. The molecule has 1 unspecified atom stereocenters. The van der Waals surface area contributed by atoms with E-state index in [9.17, 15) is 0 Å². The van der Waals surface area contributed by atoms with Crippen molar-refractivity contribution in [1.29, 1.82) is 0 Å². The number of aliphatic hydroxyl groups is 1. The number of hydrogen-bond acceptors (Lipinski definition) is 5. The Kier molecular flexibility index (Phi) is 4.99. The normalized spacial score (nSPS) is 29.4. The lowest BCUT2D eigenvalue weighted by Crippen LogP contribution is -2.52. The number of ether oxygens (including phenoxy) is 1. The van der Waals surface area contributed by atoms with Crippen LogP contribution in [0.3, 0.4) is 0 Å². The number of piperazine rings is 1. The third kappa shape index (κ3) is 3.68. The molecule has 0 aromatic rings. The Bertz CT molecular complexity index is 190. The molecule has 0 saturated carbocycles. The summed E-state index contributed by atoms with van der Waals surface area (Å²) in [6.45, 7) is 9.28. The molecule has 5 nitrogen and oxygen atoms in total. The highest BCUT2D eigenvalue weighted by atomic mass is 16.5. The molecule has 16 heavy (non-hydrogen) atoms. The molecule has 2 aliphatic heterocycles. The van der Waals surface area contributed by atoms with Gasteiger partial charge in [-0.05, 0) is 0 Å². The zero-order chi connectivity index (χ0) is 11.2. The van der Waals surface area contributed by atoms with Crippen molar-refractivity contribution in [3.63, 3.8) is 0 Å². The summed E-state index contributed by atoms with van der Waals surface area (Å²) in [6, 6.07) is 0. The molecule has 0 aliphatic carbocycles. The fraction of sp³-hybridized carbons (Fsp3) is 1.00. The standard InChI is InChI=1S/C11H23N3O2/c15-7-6-13-2-4-14(5-3-13)10-11-9-12-1-8-16-11/h11-12,15H,1-10H2. The number of rotatable bonds is 4. The highest BCUT2D eigenvalue weighted by Crippen LogP contribution is 2.05. The van der Waals surface area contributed by atoms with Gasteiger partial charge in [0.15, 0.2) is 0 Å². The average molecular weight is 229 g/mol. The zero-order valence-electron chi connectivity index (χ0n) is 9.90. The summed E-state index contributed by atoms with van der Waals surface area (Å²) in [7, 11) is 0. The molecule has 0 aromatic heterocycles. The van der Waals surface area contributed by atoms with Gasteiger partial charge < -0.3 is 15.2 Å². The molecule has 94 valence electrons. The van der Waals surface area contributed by atoms with Gasteiger partial charge in [0, 0.05) is 52.4 Å². The molecule has 2 aliphatic rings. The minimum Gasteiger partial charge on any atom is -0.395 e. The number of nitrogens with one attached hydrogen (secondary N) is 1. The van der Waals surface area contributed by atoms with E-state index in [1.807, 2.05) is 0 Å². The van der Waals surface area contributed by atoms with Crippen molar-refractivity contribution in [1.82, 2.24) is 15.1 Å². The summed E-state index contributed by atoms with van der Waals surface area (Å²) in [5.41, 5.74) is 0. The summed E-state index contributed by atoms with van der Waals surface area (Å²) < 4.78 is 5.70. The molecular formula is C11H23N3O2. The lowest BCUT2D eigenvalue weighted by molar-refractivity contribution is -0.00488. The van der Waals surface area contributed by atoms with Crippen molar-refractivity contribution in [3.8, 4) is 0 Å². The molecule has 0 radical (unpaired) electrons. The Morgan fingerprint density at radius 3 is 2.56 bits per heavy atom. The first kappa shape index (κ1) is 12.3. The van der Waals surface area contributed by atoms with Crippen molar-refractivity contribution < 1.29 is 9.84 Å². The first-order valence-corrected chi connectivity index (χ1v) is 6.26. The summed E-state index contributed by atoms with van der Waals surface area (Å²) in [6.07, 6.45) is 0.359. The van der Waals surface area contributed by atoms with Gasteiger partial charge in [0.1, 0.15) is 0 Å². The number of aliphatic hydroxyl groups excluding tert-OH is 1. The molecule has 2 heterocycles. The van der Waals surface area contributed by atoms with Gasteiger partial charge in [0.25, 0.3) is 0 Å². The highest BCUT2D eigenvalue weighted by molar-refractivity contribution is 4.77. The summed E-state index contributed by atoms with van der Waals surface area (Å²) in [4.78, 5) is 4.78. The van der Waals surface area contributed by atoms with Crippen LogP contribution in [0.5, 0.6) is 0 Å². The third-order valence-corrected chi connectivity index (χ3v) is 3.35. The van der Waals surface area contributed by atoms with E-state index in [1.54, 1.807) is 0 Å². The van der Waals surface area contributed by atoms with Crippen LogP contribution < -0.4 is 5.32 Å². The Labute approximate surface area is 97.4 Å². The molecule has 0 amide bonds. The van der Waals surface area contributed by atoms with E-state index in [-0.39, 0.29) is 6.61 Å². The van der Waals surface area contributed by atoms with E-state index in [4.69, 9.17) is 9.84 Å². The monoisotopic (exact) mass is 229 g/mol. The van der Waals surface area contributed by atoms with E-state index in [2.05, 4.69) is 15.1 Å². The largest absolute Gasteiger partial charge is 0.395 e. The lowest BCUT2D eigenvalue weighted by Gasteiger charge is -2.36. The fourth-order valence-electron chi connectivity index (χ4n) is 2.36. The number of hydrogen-bond donors (Lipinski definition) is 2. The molecule has 0 spiro atoms. The van der Waals surface area contributed by atoms with Crippen LogP contribution in [-0.4, -0.2) is 86.6 Å². The predicted molar refractivity (Wildman–Crippen MR) is 62.6 cm³/mol. The maximum atomic E-state index is 8.86. The molecule has 0 aromatic carbocycles. The van der Waals surface area contributed by atoms with E-state index in [0.29, 0.717) is 6.10 Å². The molecule has 2 rings (SSSR count). The van der Waals surface area contributed by atoms with E-state index >= 15 is 0 Å². The van der Waals surface area contributed by atoms with E-state index in [0.717, 1.165) is 59.0 Å². The second-order valence-electron chi connectivity index (χ2n) is 4.56. The number of β-amino-alcohol motifs (C(OH)–C–C–N with tert-alkyl or cyclic N) is 1. The quantitative estimate of drug-likeness (QED) is 0.620. The van der Waals surface area contributed by atoms with Gasteiger partial charge in [0.2, 0.25) is 0 Å². The van der Waals surface area contributed by atoms with Gasteiger partial charge in [-0.15, -0.1) is 0 Å². The maximum absolute atomic E-state index is 8.86. The van der Waals surface area contributed by atoms with Crippen LogP contribution in [0, 0.1) is 0 Å². The average Bonchev–Trinajstić information content (AvgIpc) is 2.33. The molecule has 0 bridgehead atoms. The van der Waals surface area contributed by atoms with Crippen LogP contribution in [0.2, 0.25) is 0 Å². The third-order valence-electron chi connectivity index (χ3n) is 3.35. The topological polar surface area (TPSA) is 48.0 Å². The number of morpholine rings is 1. The summed E-state index contributed by atoms with van der Waals surface area (Å²) in [5, 5.41) is 12.2. The predicted octanol–water partition coefficient (Wildman–Crippen LogP) is -1.42. The molecule has 1 atom stereocenters. The smallest absolute Gasteiger partial charge is 0.0826 e. The highest BCUT2D eigenvalue weighted by Gasteiger charge is 2.21. The van der Waals surface area contributed by atoms with Gasteiger partial charge in [-0.2, -0.15) is 0 Å². The molecular weight excluding hydrogens is 206 g/mol. The number of nitrogens with zero attached hydrogens (tertiary/aromatic N) is 2. The zero-order valence-corrected chi connectivity index (χ0v) is 9.90. The minimum atomic E-state index is 0.273. The van der Waals surface area contributed by atoms with Gasteiger partial charge >= 0.3 is 0 Å². The summed E-state index contributed by atoms with van der Waals surface area (Å²) in [5.74, 6) is 0. The Morgan fingerprint density at radius 1 is 1.19 bits per heavy atom. The second-order valence-corrected chi connectivity index (χ2v) is 4.56. The van der Waals surface area contributed by atoms with Crippen LogP contribution in [0.4, 0.5) is 0 Å². The van der Waals surface area contributed by atoms with Crippen molar-refractivity contribution in [2.75, 3.05) is 65.6 Å². The SMILES string of the molecule is OCCN1CCN(CC2CNCCO2)CC1. The van der Waals surface area contributed by atoms with Crippen molar-refractivity contribution >= 4 is 0 Å². The van der Waals surface area contributed by atoms with Crippen molar-refractivity contribution in [2.45, 2.75) is 6.10 Å². The van der Waals surface area contributed by atoms with Crippen LogP contribution in [-0.2, 0) is 4.74 Å². The van der Waals surface area contributed by atoms with Crippen LogP contribution in [0.1, 0.15) is 0 Å². The van der Waals surface area contributed by atoms with Crippen LogP contribution in [0.25, 0.3) is 0 Å². The van der Waals surface area contributed by atoms with Gasteiger partial charge in [-0.1, -0.05) is 0 Å². The van der Waals surface area contributed by atoms with Crippen molar-refractivity contribution in [2.24, 2.45) is 0 Å². The molecule has 5 heteroatoms. The van der Waals surface area contributed by atoms with Crippen LogP contribution >= 0.6 is 0 Å². The lowest BCUT2D eigenvalue weighted by atomic mass is 10.2. The van der Waals surface area contributed by atoms with Gasteiger partial charge in [0.05, 0.1) is 19.3 Å². The molecule has 2 fully saturated rings. The van der Waals surface area contributed by atoms with E-state index < -0.39 is 0 Å². The minimum absolute atomic E-state index is 0.273. The summed E-state index contributed by atoms with van der Waals surface area (Å²) >= 11 is 0.